The monoisotopic (exact) mass is 433 g/mol. The van der Waals surface area contributed by atoms with E-state index < -0.39 is 11.7 Å². The van der Waals surface area contributed by atoms with Gasteiger partial charge in [-0.3, -0.25) is 14.4 Å². The molecule has 1 saturated heterocycles. The Labute approximate surface area is 185 Å². The van der Waals surface area contributed by atoms with E-state index in [-0.39, 0.29) is 11.9 Å². The first-order chi connectivity index (χ1) is 14.9. The highest BCUT2D eigenvalue weighted by molar-refractivity contribution is 7.09. The van der Waals surface area contributed by atoms with Crippen molar-refractivity contribution >= 4 is 28.9 Å². The number of piperazine rings is 1. The molecule has 158 valence electrons. The first kappa shape index (κ1) is 20.9. The van der Waals surface area contributed by atoms with Gasteiger partial charge in [-0.2, -0.15) is 0 Å². The first-order valence-electron chi connectivity index (χ1n) is 10.2. The van der Waals surface area contributed by atoms with Crippen LogP contribution in [-0.4, -0.2) is 58.1 Å². The maximum absolute atomic E-state index is 12.9. The maximum Gasteiger partial charge on any atom is 0.295 e. The van der Waals surface area contributed by atoms with Crippen molar-refractivity contribution in [3.05, 3.63) is 76.1 Å². The highest BCUT2D eigenvalue weighted by atomic mass is 32.1. The lowest BCUT2D eigenvalue weighted by Gasteiger charge is -2.39. The highest BCUT2D eigenvalue weighted by Gasteiger charge is 2.33. The van der Waals surface area contributed by atoms with Gasteiger partial charge < -0.3 is 9.80 Å². The van der Waals surface area contributed by atoms with Crippen LogP contribution in [0, 0.1) is 6.92 Å². The van der Waals surface area contributed by atoms with Crippen LogP contribution in [0.5, 0.6) is 0 Å². The quantitative estimate of drug-likeness (QED) is 0.465. The third-order valence-electron chi connectivity index (χ3n) is 5.45. The number of aromatic nitrogens is 1. The molecule has 0 bridgehead atoms. The van der Waals surface area contributed by atoms with Crippen molar-refractivity contribution in [3.63, 3.8) is 0 Å². The minimum Gasteiger partial charge on any atom is -0.335 e. The van der Waals surface area contributed by atoms with Crippen molar-refractivity contribution in [1.82, 2.24) is 14.8 Å². The van der Waals surface area contributed by atoms with E-state index in [2.05, 4.69) is 4.98 Å². The third kappa shape index (κ3) is 4.41. The summed E-state index contributed by atoms with van der Waals surface area (Å²) in [5.74, 6) is -1.12. The molecular weight excluding hydrogens is 410 g/mol. The van der Waals surface area contributed by atoms with Crippen LogP contribution in [0.3, 0.4) is 0 Å². The molecule has 0 radical (unpaired) electrons. The number of amides is 2. The Kier molecular flexibility index (Phi) is 5.95. The van der Waals surface area contributed by atoms with Crippen LogP contribution in [0.1, 0.15) is 32.6 Å². The number of Topliss-reactive ketones (excluding diaryl/α,β-unsaturated/α-hetero) is 1. The molecule has 7 heteroatoms. The second kappa shape index (κ2) is 8.81. The SMILES string of the molecule is Cc1nc(-c2ccc(C(=O)C(=O)N3CCN(C(=O)c4ccccc4)C[C@H]3C)cc2)cs1. The fraction of sp³-hybridized carbons (Fsp3) is 0.250. The van der Waals surface area contributed by atoms with Crippen LogP contribution in [0.2, 0.25) is 0 Å². The number of carbonyl (C=O) groups excluding carboxylic acids is 3. The number of benzene rings is 2. The Hall–Kier alpha value is -3.32. The molecule has 1 aliphatic rings. The molecule has 2 aromatic carbocycles. The first-order valence-corrected chi connectivity index (χ1v) is 11.0. The Morgan fingerprint density at radius 1 is 0.968 bits per heavy atom. The molecule has 0 saturated carbocycles. The van der Waals surface area contributed by atoms with E-state index >= 15 is 0 Å². The molecule has 2 amide bonds. The molecule has 1 aliphatic heterocycles. The van der Waals surface area contributed by atoms with E-state index in [9.17, 15) is 14.4 Å². The largest absolute Gasteiger partial charge is 0.335 e. The lowest BCUT2D eigenvalue weighted by atomic mass is 10.0. The maximum atomic E-state index is 12.9. The van der Waals surface area contributed by atoms with E-state index in [1.54, 1.807) is 45.4 Å². The Bertz CT molecular complexity index is 1110. The van der Waals surface area contributed by atoms with Gasteiger partial charge in [-0.15, -0.1) is 11.3 Å². The van der Waals surface area contributed by atoms with Crippen molar-refractivity contribution in [2.24, 2.45) is 0 Å². The number of ketones is 1. The molecule has 1 atom stereocenters. The fourth-order valence-electron chi connectivity index (χ4n) is 3.75. The normalized spacial score (nSPS) is 16.3. The van der Waals surface area contributed by atoms with E-state index in [1.807, 2.05) is 49.6 Å². The van der Waals surface area contributed by atoms with Gasteiger partial charge in [0.05, 0.1) is 10.7 Å². The van der Waals surface area contributed by atoms with Crippen molar-refractivity contribution in [2.45, 2.75) is 19.9 Å². The van der Waals surface area contributed by atoms with Crippen LogP contribution >= 0.6 is 11.3 Å². The highest BCUT2D eigenvalue weighted by Crippen LogP contribution is 2.22. The van der Waals surface area contributed by atoms with Gasteiger partial charge in [-0.05, 0) is 26.0 Å². The van der Waals surface area contributed by atoms with E-state index in [4.69, 9.17) is 0 Å². The number of thiazole rings is 1. The van der Waals surface area contributed by atoms with E-state index in [0.29, 0.717) is 30.8 Å². The smallest absolute Gasteiger partial charge is 0.295 e. The van der Waals surface area contributed by atoms with Crippen molar-refractivity contribution in [3.8, 4) is 11.3 Å². The summed E-state index contributed by atoms with van der Waals surface area (Å²) in [5, 5.41) is 2.94. The summed E-state index contributed by atoms with van der Waals surface area (Å²) < 4.78 is 0. The van der Waals surface area contributed by atoms with Gasteiger partial charge in [0, 0.05) is 47.7 Å². The van der Waals surface area contributed by atoms with E-state index in [0.717, 1.165) is 16.3 Å². The Morgan fingerprint density at radius 2 is 1.68 bits per heavy atom. The van der Waals surface area contributed by atoms with Crippen LogP contribution in [0.25, 0.3) is 11.3 Å². The standard InChI is InChI=1S/C24H23N3O3S/c1-16-14-26(23(29)20-6-4-3-5-7-20)12-13-27(16)24(30)22(28)19-10-8-18(9-11-19)21-15-31-17(2)25-21/h3-11,15-16H,12-14H2,1-2H3/t16-/m1/s1. The minimum atomic E-state index is -0.532. The van der Waals surface area contributed by atoms with Gasteiger partial charge in [0.25, 0.3) is 11.8 Å². The van der Waals surface area contributed by atoms with Crippen LogP contribution < -0.4 is 0 Å². The van der Waals surface area contributed by atoms with E-state index in [1.165, 1.54) is 0 Å². The zero-order valence-corrected chi connectivity index (χ0v) is 18.3. The minimum absolute atomic E-state index is 0.0567. The molecule has 31 heavy (non-hydrogen) atoms. The molecule has 1 aromatic heterocycles. The number of carbonyl (C=O) groups is 3. The molecular formula is C24H23N3O3S. The van der Waals surface area contributed by atoms with Gasteiger partial charge in [-0.1, -0.05) is 42.5 Å². The van der Waals surface area contributed by atoms with Crippen molar-refractivity contribution in [1.29, 1.82) is 0 Å². The summed E-state index contributed by atoms with van der Waals surface area (Å²) in [7, 11) is 0. The summed E-state index contributed by atoms with van der Waals surface area (Å²) in [6.45, 7) is 4.94. The molecule has 0 aliphatic carbocycles. The fourth-order valence-corrected chi connectivity index (χ4v) is 4.37. The van der Waals surface area contributed by atoms with Gasteiger partial charge in [0.1, 0.15) is 0 Å². The number of hydrogen-bond acceptors (Lipinski definition) is 5. The van der Waals surface area contributed by atoms with Gasteiger partial charge in [0.15, 0.2) is 0 Å². The van der Waals surface area contributed by atoms with Crippen LogP contribution in [0.4, 0.5) is 0 Å². The molecule has 3 aromatic rings. The van der Waals surface area contributed by atoms with Crippen LogP contribution in [0.15, 0.2) is 60.0 Å². The molecule has 2 heterocycles. The number of rotatable bonds is 4. The second-order valence-corrected chi connectivity index (χ2v) is 8.69. The second-order valence-electron chi connectivity index (χ2n) is 7.62. The third-order valence-corrected chi connectivity index (χ3v) is 6.23. The number of hydrogen-bond donors (Lipinski definition) is 0. The van der Waals surface area contributed by atoms with Crippen molar-refractivity contribution in [2.75, 3.05) is 19.6 Å². The molecule has 0 N–H and O–H groups in total. The Morgan fingerprint density at radius 3 is 2.29 bits per heavy atom. The average Bonchev–Trinajstić information content (AvgIpc) is 3.24. The van der Waals surface area contributed by atoms with Gasteiger partial charge in [0.2, 0.25) is 5.78 Å². The number of aryl methyl sites for hydroxylation is 1. The topological polar surface area (TPSA) is 70.6 Å². The lowest BCUT2D eigenvalue weighted by molar-refractivity contribution is -0.130. The average molecular weight is 434 g/mol. The predicted molar refractivity (Wildman–Crippen MR) is 120 cm³/mol. The number of nitrogens with zero attached hydrogens (tertiary/aromatic N) is 3. The molecule has 0 spiro atoms. The Balaban J connectivity index is 1.41. The summed E-state index contributed by atoms with van der Waals surface area (Å²) in [4.78, 5) is 46.1. The zero-order chi connectivity index (χ0) is 22.0. The molecule has 6 nitrogen and oxygen atoms in total. The summed E-state index contributed by atoms with van der Waals surface area (Å²) in [5.41, 5.74) is 2.76. The van der Waals surface area contributed by atoms with Crippen LogP contribution in [-0.2, 0) is 4.79 Å². The van der Waals surface area contributed by atoms with Crippen molar-refractivity contribution < 1.29 is 14.4 Å². The summed E-state index contributed by atoms with van der Waals surface area (Å²) >= 11 is 1.57. The summed E-state index contributed by atoms with van der Waals surface area (Å²) in [6, 6.07) is 15.8. The lowest BCUT2D eigenvalue weighted by Crippen LogP contribution is -2.56. The predicted octanol–water partition coefficient (Wildman–Crippen LogP) is 3.67. The summed E-state index contributed by atoms with van der Waals surface area (Å²) in [6.07, 6.45) is 0. The van der Waals surface area contributed by atoms with Gasteiger partial charge in [-0.25, -0.2) is 4.98 Å². The zero-order valence-electron chi connectivity index (χ0n) is 17.4. The molecule has 0 unspecified atom stereocenters. The molecule has 4 rings (SSSR count). The molecule has 1 fully saturated rings. The van der Waals surface area contributed by atoms with Gasteiger partial charge >= 0.3 is 0 Å².